The molecule has 34 heavy (non-hydrogen) atoms. The van der Waals surface area contributed by atoms with Gasteiger partial charge in [0.15, 0.2) is 0 Å². The van der Waals surface area contributed by atoms with E-state index in [2.05, 4.69) is 22.8 Å². The number of carboxylic acids is 1. The quantitative estimate of drug-likeness (QED) is 0.554. The van der Waals surface area contributed by atoms with Crippen LogP contribution >= 0.6 is 0 Å². The summed E-state index contributed by atoms with van der Waals surface area (Å²) in [5, 5.41) is 14.8. The number of carbonyl (C=O) groups excluding carboxylic acids is 2. The topological polar surface area (TPSA) is 114 Å². The average molecular weight is 465 g/mol. The van der Waals surface area contributed by atoms with Crippen molar-refractivity contribution in [3.05, 3.63) is 59.7 Å². The maximum absolute atomic E-state index is 12.7. The van der Waals surface area contributed by atoms with Crippen LogP contribution < -0.4 is 10.6 Å². The Hall–Kier alpha value is -3.39. The number of amides is 2. The molecule has 0 radical (unpaired) electrons. The molecule has 3 N–H and O–H groups in total. The van der Waals surface area contributed by atoms with Crippen molar-refractivity contribution in [3.63, 3.8) is 0 Å². The molecule has 8 nitrogen and oxygen atoms in total. The maximum Gasteiger partial charge on any atom is 0.407 e. The van der Waals surface area contributed by atoms with Crippen LogP contribution in [-0.4, -0.2) is 55.0 Å². The zero-order valence-corrected chi connectivity index (χ0v) is 18.7. The van der Waals surface area contributed by atoms with E-state index >= 15 is 0 Å². The average Bonchev–Trinajstić information content (AvgIpc) is 3.43. The van der Waals surface area contributed by atoms with Gasteiger partial charge in [0.1, 0.15) is 12.6 Å². The Bertz CT molecular complexity index is 1050. The third-order valence-electron chi connectivity index (χ3n) is 6.94. The Morgan fingerprint density at radius 3 is 2.26 bits per heavy atom. The molecule has 0 spiro atoms. The van der Waals surface area contributed by atoms with Crippen molar-refractivity contribution in [2.75, 3.05) is 19.8 Å². The summed E-state index contributed by atoms with van der Waals surface area (Å²) in [5.74, 6) is -1.83. The summed E-state index contributed by atoms with van der Waals surface area (Å²) >= 11 is 0. The first-order chi connectivity index (χ1) is 16.5. The lowest BCUT2D eigenvalue weighted by Gasteiger charge is -2.22. The lowest BCUT2D eigenvalue weighted by Crippen LogP contribution is -2.50. The molecule has 178 valence electrons. The summed E-state index contributed by atoms with van der Waals surface area (Å²) in [6.07, 6.45) is 1.80. The van der Waals surface area contributed by atoms with Gasteiger partial charge >= 0.3 is 12.1 Å². The molecule has 5 rings (SSSR count). The molecule has 8 heteroatoms. The number of nitrogens with one attached hydrogen (secondary N) is 2. The zero-order chi connectivity index (χ0) is 23.7. The van der Waals surface area contributed by atoms with E-state index in [0.717, 1.165) is 35.1 Å². The molecule has 1 saturated carbocycles. The molecule has 3 aliphatic rings. The van der Waals surface area contributed by atoms with Crippen LogP contribution in [0.2, 0.25) is 0 Å². The largest absolute Gasteiger partial charge is 0.480 e. The Kier molecular flexibility index (Phi) is 6.24. The zero-order valence-electron chi connectivity index (χ0n) is 18.7. The Morgan fingerprint density at radius 1 is 1.00 bits per heavy atom. The molecule has 0 aromatic heterocycles. The van der Waals surface area contributed by atoms with Gasteiger partial charge in [0.2, 0.25) is 5.91 Å². The Labute approximate surface area is 197 Å². The number of aliphatic carboxylic acids is 1. The molecular formula is C26H28N2O6. The smallest absolute Gasteiger partial charge is 0.407 e. The molecule has 2 aliphatic carbocycles. The number of carboxylic acid groups (broad SMARTS) is 1. The second kappa shape index (κ2) is 9.46. The van der Waals surface area contributed by atoms with E-state index in [-0.39, 0.29) is 25.7 Å². The standard InChI is InChI=1S/C26H28N2O6/c29-24(27-22(25(30)31)11-15-9-10-15)21-12-33-14-23(21)28-26(32)34-13-20-18-7-3-1-5-16(18)17-6-2-4-8-19(17)20/h1-8,15,20-23H,9-14H2,(H,27,29)(H,28,32)(H,30,31). The van der Waals surface area contributed by atoms with Crippen molar-refractivity contribution in [1.82, 2.24) is 10.6 Å². The monoisotopic (exact) mass is 464 g/mol. The summed E-state index contributed by atoms with van der Waals surface area (Å²) in [6, 6.07) is 14.7. The fourth-order valence-electron chi connectivity index (χ4n) is 4.93. The third kappa shape index (κ3) is 4.63. The minimum atomic E-state index is -1.04. The van der Waals surface area contributed by atoms with Crippen molar-refractivity contribution in [3.8, 4) is 11.1 Å². The van der Waals surface area contributed by atoms with E-state index in [1.165, 1.54) is 0 Å². The van der Waals surface area contributed by atoms with Crippen LogP contribution in [0.5, 0.6) is 0 Å². The van der Waals surface area contributed by atoms with Crippen molar-refractivity contribution in [2.24, 2.45) is 11.8 Å². The van der Waals surface area contributed by atoms with E-state index in [9.17, 15) is 19.5 Å². The van der Waals surface area contributed by atoms with Crippen LogP contribution in [0.25, 0.3) is 11.1 Å². The highest BCUT2D eigenvalue weighted by Gasteiger charge is 2.38. The SMILES string of the molecule is O=C(NC1COCC1C(=O)NC(CC1CC1)C(=O)O)OCC1c2ccccc2-c2ccccc21. The molecule has 3 atom stereocenters. The van der Waals surface area contributed by atoms with Gasteiger partial charge in [-0.1, -0.05) is 61.4 Å². The highest BCUT2D eigenvalue weighted by Crippen LogP contribution is 2.44. The van der Waals surface area contributed by atoms with E-state index < -0.39 is 36.0 Å². The predicted octanol–water partition coefficient (Wildman–Crippen LogP) is 2.91. The number of carbonyl (C=O) groups is 3. The summed E-state index contributed by atoms with van der Waals surface area (Å²) in [4.78, 5) is 36.9. The lowest BCUT2D eigenvalue weighted by molar-refractivity contribution is -0.142. The molecule has 1 heterocycles. The molecule has 2 fully saturated rings. The summed E-state index contributed by atoms with van der Waals surface area (Å²) < 4.78 is 11.0. The first kappa shape index (κ1) is 22.4. The van der Waals surface area contributed by atoms with E-state index in [0.29, 0.717) is 12.3 Å². The first-order valence-electron chi connectivity index (χ1n) is 11.7. The molecule has 1 aliphatic heterocycles. The lowest BCUT2D eigenvalue weighted by atomic mass is 9.98. The second-order valence-electron chi connectivity index (χ2n) is 9.30. The van der Waals surface area contributed by atoms with Crippen LogP contribution in [0.3, 0.4) is 0 Å². The van der Waals surface area contributed by atoms with Gasteiger partial charge in [0.25, 0.3) is 0 Å². The van der Waals surface area contributed by atoms with Gasteiger partial charge in [-0.3, -0.25) is 4.79 Å². The van der Waals surface area contributed by atoms with Gasteiger partial charge in [-0.15, -0.1) is 0 Å². The number of benzene rings is 2. The van der Waals surface area contributed by atoms with Gasteiger partial charge in [-0.25, -0.2) is 9.59 Å². The number of hydrogen-bond donors (Lipinski definition) is 3. The molecular weight excluding hydrogens is 436 g/mol. The van der Waals surface area contributed by atoms with Gasteiger partial charge in [-0.05, 0) is 34.6 Å². The first-order valence-corrected chi connectivity index (χ1v) is 11.7. The maximum atomic E-state index is 12.7. The number of alkyl carbamates (subject to hydrolysis) is 1. The number of ether oxygens (including phenoxy) is 2. The highest BCUT2D eigenvalue weighted by atomic mass is 16.5. The van der Waals surface area contributed by atoms with Crippen molar-refractivity contribution in [1.29, 1.82) is 0 Å². The van der Waals surface area contributed by atoms with Crippen molar-refractivity contribution >= 4 is 18.0 Å². The molecule has 3 unspecified atom stereocenters. The number of rotatable bonds is 8. The van der Waals surface area contributed by atoms with Gasteiger partial charge < -0.3 is 25.2 Å². The highest BCUT2D eigenvalue weighted by molar-refractivity contribution is 5.86. The Balaban J connectivity index is 1.18. The van der Waals surface area contributed by atoms with Crippen molar-refractivity contribution < 1.29 is 29.0 Å². The predicted molar refractivity (Wildman–Crippen MR) is 123 cm³/mol. The van der Waals surface area contributed by atoms with Crippen LogP contribution in [0.1, 0.15) is 36.3 Å². The molecule has 2 amide bonds. The van der Waals surface area contributed by atoms with Crippen LogP contribution in [-0.2, 0) is 19.1 Å². The normalized spacial score (nSPS) is 21.9. The molecule has 2 aromatic carbocycles. The second-order valence-corrected chi connectivity index (χ2v) is 9.30. The van der Waals surface area contributed by atoms with E-state index in [1.807, 2.05) is 36.4 Å². The van der Waals surface area contributed by atoms with E-state index in [4.69, 9.17) is 9.47 Å². The van der Waals surface area contributed by atoms with Gasteiger partial charge in [0, 0.05) is 5.92 Å². The van der Waals surface area contributed by atoms with Crippen LogP contribution in [0, 0.1) is 11.8 Å². The van der Waals surface area contributed by atoms with Crippen molar-refractivity contribution in [2.45, 2.75) is 37.3 Å². The minimum Gasteiger partial charge on any atom is -0.480 e. The van der Waals surface area contributed by atoms with Gasteiger partial charge in [-0.2, -0.15) is 0 Å². The summed E-state index contributed by atoms with van der Waals surface area (Å²) in [7, 11) is 0. The van der Waals surface area contributed by atoms with Crippen LogP contribution in [0.4, 0.5) is 4.79 Å². The fourth-order valence-corrected chi connectivity index (χ4v) is 4.93. The summed E-state index contributed by atoms with van der Waals surface area (Å²) in [6.45, 7) is 0.464. The third-order valence-corrected chi connectivity index (χ3v) is 6.94. The summed E-state index contributed by atoms with van der Waals surface area (Å²) in [5.41, 5.74) is 4.53. The fraction of sp³-hybridized carbons (Fsp3) is 0.423. The molecule has 1 saturated heterocycles. The number of hydrogen-bond acceptors (Lipinski definition) is 5. The molecule has 2 aromatic rings. The van der Waals surface area contributed by atoms with Crippen LogP contribution in [0.15, 0.2) is 48.5 Å². The minimum absolute atomic E-state index is 0.0594. The molecule has 0 bridgehead atoms. The van der Waals surface area contributed by atoms with E-state index in [1.54, 1.807) is 0 Å². The van der Waals surface area contributed by atoms with Gasteiger partial charge in [0.05, 0.1) is 25.2 Å². The number of fused-ring (bicyclic) bond motifs is 3. The Morgan fingerprint density at radius 2 is 1.65 bits per heavy atom.